The number of hydrogen-bond donors (Lipinski definition) is 0. The van der Waals surface area contributed by atoms with Crippen LogP contribution in [-0.2, 0) is 5.41 Å². The molecule has 7 aromatic rings. The van der Waals surface area contributed by atoms with Gasteiger partial charge in [0.05, 0.1) is 0 Å². The van der Waals surface area contributed by atoms with Crippen LogP contribution >= 0.6 is 0 Å². The van der Waals surface area contributed by atoms with Gasteiger partial charge in [-0.2, -0.15) is 0 Å². The van der Waals surface area contributed by atoms with Crippen molar-refractivity contribution >= 4 is 32.3 Å². The SMILES string of the molecule is CC(C)(C)c1ccc(-c2c3ccccc3c(-c3ccc4ccc(-c5ccncc5)cc4c3)c3ccccc23)cc1. The molecule has 0 N–H and O–H groups in total. The summed E-state index contributed by atoms with van der Waals surface area (Å²) < 4.78 is 0. The van der Waals surface area contributed by atoms with Crippen LogP contribution in [0, 0.1) is 0 Å². The Labute approximate surface area is 235 Å². The Hall–Kier alpha value is -4.75. The number of benzene rings is 6. The third kappa shape index (κ3) is 4.15. The first-order valence-corrected chi connectivity index (χ1v) is 14.0. The summed E-state index contributed by atoms with van der Waals surface area (Å²) in [5.41, 5.74) is 8.95. The molecule has 0 amide bonds. The summed E-state index contributed by atoms with van der Waals surface area (Å²) in [5.74, 6) is 0. The number of nitrogens with zero attached hydrogens (tertiary/aromatic N) is 1. The number of hydrogen-bond acceptors (Lipinski definition) is 1. The van der Waals surface area contributed by atoms with Crippen LogP contribution in [-0.4, -0.2) is 4.98 Å². The maximum Gasteiger partial charge on any atom is 0.0273 e. The van der Waals surface area contributed by atoms with Crippen molar-refractivity contribution < 1.29 is 0 Å². The second-order valence-electron chi connectivity index (χ2n) is 11.7. The number of rotatable bonds is 3. The molecule has 40 heavy (non-hydrogen) atoms. The summed E-state index contributed by atoms with van der Waals surface area (Å²) in [6, 6.07) is 44.7. The van der Waals surface area contributed by atoms with Crippen molar-refractivity contribution in [2.75, 3.05) is 0 Å². The molecule has 7 rings (SSSR count). The molecular weight excluding hydrogens is 482 g/mol. The molecule has 0 bridgehead atoms. The largest absolute Gasteiger partial charge is 0.265 e. The monoisotopic (exact) mass is 513 g/mol. The van der Waals surface area contributed by atoms with Crippen molar-refractivity contribution in [1.29, 1.82) is 0 Å². The molecule has 0 spiro atoms. The van der Waals surface area contributed by atoms with Crippen molar-refractivity contribution in [3.05, 3.63) is 139 Å². The van der Waals surface area contributed by atoms with E-state index in [4.69, 9.17) is 0 Å². The van der Waals surface area contributed by atoms with Gasteiger partial charge in [-0.3, -0.25) is 4.98 Å². The van der Waals surface area contributed by atoms with Crippen LogP contribution in [0.3, 0.4) is 0 Å². The third-order valence-electron chi connectivity index (χ3n) is 8.11. The van der Waals surface area contributed by atoms with Crippen molar-refractivity contribution in [1.82, 2.24) is 4.98 Å². The third-order valence-corrected chi connectivity index (χ3v) is 8.11. The minimum Gasteiger partial charge on any atom is -0.265 e. The first-order chi connectivity index (χ1) is 19.5. The summed E-state index contributed by atoms with van der Waals surface area (Å²) in [4.78, 5) is 4.19. The van der Waals surface area contributed by atoms with Crippen LogP contribution in [0.15, 0.2) is 134 Å². The van der Waals surface area contributed by atoms with Crippen LogP contribution in [0.2, 0.25) is 0 Å². The number of aromatic nitrogens is 1. The zero-order valence-electron chi connectivity index (χ0n) is 23.1. The molecule has 0 atom stereocenters. The van der Waals surface area contributed by atoms with E-state index in [9.17, 15) is 0 Å². The van der Waals surface area contributed by atoms with Crippen LogP contribution in [0.5, 0.6) is 0 Å². The molecule has 0 aliphatic carbocycles. The van der Waals surface area contributed by atoms with Crippen molar-refractivity contribution in [2.45, 2.75) is 26.2 Å². The summed E-state index contributed by atoms with van der Waals surface area (Å²) in [7, 11) is 0. The van der Waals surface area contributed by atoms with E-state index in [0.717, 1.165) is 0 Å². The summed E-state index contributed by atoms with van der Waals surface area (Å²) >= 11 is 0. The number of fused-ring (bicyclic) bond motifs is 3. The van der Waals surface area contributed by atoms with Gasteiger partial charge in [-0.1, -0.05) is 118 Å². The predicted octanol–water partition coefficient (Wildman–Crippen LogP) is 10.8. The summed E-state index contributed by atoms with van der Waals surface area (Å²) in [5, 5.41) is 7.60. The minimum absolute atomic E-state index is 0.125. The molecule has 0 aliphatic heterocycles. The van der Waals surface area contributed by atoms with Crippen molar-refractivity contribution in [3.63, 3.8) is 0 Å². The highest BCUT2D eigenvalue weighted by atomic mass is 14.6. The molecule has 1 aromatic heterocycles. The molecule has 1 nitrogen and oxygen atoms in total. The van der Waals surface area contributed by atoms with E-state index in [1.54, 1.807) is 0 Å². The van der Waals surface area contributed by atoms with E-state index in [1.807, 2.05) is 12.4 Å². The van der Waals surface area contributed by atoms with E-state index in [-0.39, 0.29) is 5.41 Å². The van der Waals surface area contributed by atoms with Gasteiger partial charge in [-0.15, -0.1) is 0 Å². The highest BCUT2D eigenvalue weighted by Gasteiger charge is 2.18. The van der Waals surface area contributed by atoms with E-state index < -0.39 is 0 Å². The van der Waals surface area contributed by atoms with E-state index in [0.29, 0.717) is 0 Å². The second-order valence-corrected chi connectivity index (χ2v) is 11.7. The molecule has 0 unspecified atom stereocenters. The Morgan fingerprint density at radius 1 is 0.425 bits per heavy atom. The first-order valence-electron chi connectivity index (χ1n) is 14.0. The van der Waals surface area contributed by atoms with Gasteiger partial charge >= 0.3 is 0 Å². The lowest BCUT2D eigenvalue weighted by Gasteiger charge is -2.21. The first kappa shape index (κ1) is 24.3. The Morgan fingerprint density at radius 3 is 1.45 bits per heavy atom. The highest BCUT2D eigenvalue weighted by molar-refractivity contribution is 6.21. The van der Waals surface area contributed by atoms with E-state index in [1.165, 1.54) is 71.3 Å². The van der Waals surface area contributed by atoms with Crippen molar-refractivity contribution in [2.24, 2.45) is 0 Å². The van der Waals surface area contributed by atoms with Crippen molar-refractivity contribution in [3.8, 4) is 33.4 Å². The lowest BCUT2D eigenvalue weighted by molar-refractivity contribution is 0.590. The Bertz CT molecular complexity index is 1950. The van der Waals surface area contributed by atoms with Crippen LogP contribution < -0.4 is 0 Å². The molecule has 0 aliphatic rings. The van der Waals surface area contributed by atoms with Gasteiger partial charge in [-0.05, 0) is 101 Å². The molecule has 192 valence electrons. The van der Waals surface area contributed by atoms with Crippen LogP contribution in [0.1, 0.15) is 26.3 Å². The van der Waals surface area contributed by atoms with Crippen LogP contribution in [0.4, 0.5) is 0 Å². The maximum atomic E-state index is 4.19. The zero-order valence-corrected chi connectivity index (χ0v) is 23.1. The van der Waals surface area contributed by atoms with Gasteiger partial charge in [0.1, 0.15) is 0 Å². The molecule has 0 radical (unpaired) electrons. The normalized spacial score (nSPS) is 11.9. The Balaban J connectivity index is 1.48. The van der Waals surface area contributed by atoms with Gasteiger partial charge < -0.3 is 0 Å². The van der Waals surface area contributed by atoms with E-state index >= 15 is 0 Å². The molecule has 1 heterocycles. The lowest BCUT2D eigenvalue weighted by Crippen LogP contribution is -2.10. The summed E-state index contributed by atoms with van der Waals surface area (Å²) in [6.45, 7) is 6.81. The average molecular weight is 514 g/mol. The van der Waals surface area contributed by atoms with E-state index in [2.05, 4.69) is 147 Å². The quantitative estimate of drug-likeness (QED) is 0.214. The fourth-order valence-corrected chi connectivity index (χ4v) is 6.01. The number of pyridine rings is 1. The fraction of sp³-hybridized carbons (Fsp3) is 0.103. The fourth-order valence-electron chi connectivity index (χ4n) is 6.01. The molecule has 0 saturated heterocycles. The molecule has 0 fully saturated rings. The molecule has 1 heteroatoms. The average Bonchev–Trinajstić information content (AvgIpc) is 2.99. The highest BCUT2D eigenvalue weighted by Crippen LogP contribution is 2.44. The lowest BCUT2D eigenvalue weighted by atomic mass is 9.83. The smallest absolute Gasteiger partial charge is 0.0273 e. The van der Waals surface area contributed by atoms with Gasteiger partial charge in [-0.25, -0.2) is 0 Å². The van der Waals surface area contributed by atoms with Gasteiger partial charge in [0, 0.05) is 12.4 Å². The van der Waals surface area contributed by atoms with Crippen LogP contribution in [0.25, 0.3) is 65.7 Å². The maximum absolute atomic E-state index is 4.19. The van der Waals surface area contributed by atoms with Gasteiger partial charge in [0.2, 0.25) is 0 Å². The van der Waals surface area contributed by atoms with Gasteiger partial charge in [0.15, 0.2) is 0 Å². The predicted molar refractivity (Wildman–Crippen MR) is 172 cm³/mol. The molecule has 0 saturated carbocycles. The molecule has 6 aromatic carbocycles. The Kier molecular flexibility index (Phi) is 5.75. The standard InChI is InChI=1S/C39H31N/c1-39(2,3)32-18-16-28(17-19-32)37-33-8-4-6-10-35(33)38(36-11-7-5-9-34(36)37)30-15-13-26-12-14-29(24-31(26)25-30)27-20-22-40-23-21-27/h4-25H,1-3H3. The summed E-state index contributed by atoms with van der Waals surface area (Å²) in [6.07, 6.45) is 3.71. The topological polar surface area (TPSA) is 12.9 Å². The minimum atomic E-state index is 0.125. The Morgan fingerprint density at radius 2 is 0.900 bits per heavy atom. The zero-order chi connectivity index (χ0) is 27.3. The second kappa shape index (κ2) is 9.47. The van der Waals surface area contributed by atoms with Gasteiger partial charge in [0.25, 0.3) is 0 Å². The molecular formula is C39H31N.